The lowest BCUT2D eigenvalue weighted by molar-refractivity contribution is -0.143. The Hall–Kier alpha value is -1.51. The van der Waals surface area contributed by atoms with Gasteiger partial charge < -0.3 is 9.84 Å². The average Bonchev–Trinajstić information content (AvgIpc) is 2.98. The molecule has 0 amide bonds. The molecule has 0 atom stereocenters. The fraction of sp³-hybridized carbons (Fsp3) is 0.500. The van der Waals surface area contributed by atoms with Crippen LogP contribution in [0.15, 0.2) is 18.2 Å². The maximum atomic E-state index is 11.1. The molecule has 0 bridgehead atoms. The van der Waals surface area contributed by atoms with Crippen LogP contribution in [0.1, 0.15) is 30.4 Å². The van der Waals surface area contributed by atoms with Gasteiger partial charge in [0.2, 0.25) is 0 Å². The molecule has 2 aliphatic rings. The van der Waals surface area contributed by atoms with E-state index in [2.05, 4.69) is 12.1 Å². The highest BCUT2D eigenvalue weighted by Gasteiger charge is 2.49. The van der Waals surface area contributed by atoms with Gasteiger partial charge in [-0.1, -0.05) is 12.1 Å². The van der Waals surface area contributed by atoms with Gasteiger partial charge in [-0.15, -0.1) is 0 Å². The molecule has 0 unspecified atom stereocenters. The summed E-state index contributed by atoms with van der Waals surface area (Å²) >= 11 is 0. The monoisotopic (exact) mass is 232 g/mol. The van der Waals surface area contributed by atoms with E-state index in [-0.39, 0.29) is 0 Å². The summed E-state index contributed by atoms with van der Waals surface area (Å²) in [6.45, 7) is 0.776. The Bertz CT molecular complexity index is 461. The fourth-order valence-corrected chi connectivity index (χ4v) is 2.50. The summed E-state index contributed by atoms with van der Waals surface area (Å²) in [6.07, 6.45) is 4.29. The van der Waals surface area contributed by atoms with Crippen LogP contribution in [-0.4, -0.2) is 17.7 Å². The maximum absolute atomic E-state index is 11.1. The smallest absolute Gasteiger partial charge is 0.309 e. The van der Waals surface area contributed by atoms with E-state index in [0.29, 0.717) is 0 Å². The SMILES string of the molecule is O=C(O)C1(CCc2ccc3c(c2)CCO3)CC1. The van der Waals surface area contributed by atoms with E-state index >= 15 is 0 Å². The van der Waals surface area contributed by atoms with Gasteiger partial charge in [0.25, 0.3) is 0 Å². The molecular weight excluding hydrogens is 216 g/mol. The van der Waals surface area contributed by atoms with Crippen LogP contribution in [0.4, 0.5) is 0 Å². The van der Waals surface area contributed by atoms with Gasteiger partial charge in [-0.3, -0.25) is 4.79 Å². The zero-order valence-electron chi connectivity index (χ0n) is 9.74. The highest BCUT2D eigenvalue weighted by molar-refractivity contribution is 5.77. The van der Waals surface area contributed by atoms with Crippen molar-refractivity contribution in [2.24, 2.45) is 5.41 Å². The van der Waals surface area contributed by atoms with Crippen LogP contribution in [0, 0.1) is 5.41 Å². The first-order chi connectivity index (χ1) is 8.20. The Kier molecular flexibility index (Phi) is 2.35. The number of ether oxygens (including phenoxy) is 1. The number of carbonyl (C=O) groups is 1. The summed E-state index contributed by atoms with van der Waals surface area (Å²) in [5.41, 5.74) is 2.10. The van der Waals surface area contributed by atoms with Crippen LogP contribution in [0.2, 0.25) is 0 Å². The van der Waals surface area contributed by atoms with Crippen molar-refractivity contribution in [1.82, 2.24) is 0 Å². The van der Waals surface area contributed by atoms with E-state index in [1.54, 1.807) is 0 Å². The maximum Gasteiger partial charge on any atom is 0.309 e. The van der Waals surface area contributed by atoms with Crippen LogP contribution in [0.5, 0.6) is 5.75 Å². The number of aliphatic carboxylic acids is 1. The van der Waals surface area contributed by atoms with Crippen molar-refractivity contribution in [1.29, 1.82) is 0 Å². The molecule has 0 radical (unpaired) electrons. The fourth-order valence-electron chi connectivity index (χ4n) is 2.50. The molecule has 3 nitrogen and oxygen atoms in total. The third-order valence-corrected chi connectivity index (χ3v) is 3.95. The lowest BCUT2D eigenvalue weighted by Crippen LogP contribution is -2.15. The van der Waals surface area contributed by atoms with Crippen LogP contribution in [-0.2, 0) is 17.6 Å². The number of carboxylic acids is 1. The van der Waals surface area contributed by atoms with Crippen LogP contribution in [0.3, 0.4) is 0 Å². The number of carboxylic acid groups (broad SMARTS) is 1. The lowest BCUT2D eigenvalue weighted by Gasteiger charge is -2.09. The predicted octanol–water partition coefficient (Wildman–Crippen LogP) is 2.42. The minimum absolute atomic E-state index is 0.407. The zero-order valence-corrected chi connectivity index (χ0v) is 9.74. The molecule has 90 valence electrons. The second kappa shape index (κ2) is 3.76. The summed E-state index contributed by atoms with van der Waals surface area (Å²) in [4.78, 5) is 11.1. The molecular formula is C14H16O3. The van der Waals surface area contributed by atoms with Crippen LogP contribution in [0.25, 0.3) is 0 Å². The second-order valence-corrected chi connectivity index (χ2v) is 5.13. The molecule has 0 saturated heterocycles. The summed E-state index contributed by atoms with van der Waals surface area (Å²) in [6, 6.07) is 6.24. The topological polar surface area (TPSA) is 46.5 Å². The van der Waals surface area contributed by atoms with E-state index in [0.717, 1.165) is 44.5 Å². The summed E-state index contributed by atoms with van der Waals surface area (Å²) in [7, 11) is 0. The first-order valence-electron chi connectivity index (χ1n) is 6.18. The number of benzene rings is 1. The summed E-state index contributed by atoms with van der Waals surface area (Å²) < 4.78 is 5.46. The van der Waals surface area contributed by atoms with Gasteiger partial charge in [0.15, 0.2) is 0 Å². The van der Waals surface area contributed by atoms with E-state index in [9.17, 15) is 4.79 Å². The van der Waals surface area contributed by atoms with Crippen LogP contribution < -0.4 is 4.74 Å². The molecule has 3 rings (SSSR count). The number of aryl methyl sites for hydroxylation is 1. The first kappa shape index (κ1) is 10.6. The van der Waals surface area contributed by atoms with Gasteiger partial charge in [-0.25, -0.2) is 0 Å². The van der Waals surface area contributed by atoms with Gasteiger partial charge in [-0.2, -0.15) is 0 Å². The molecule has 1 aromatic carbocycles. The molecule has 1 aliphatic heterocycles. The number of hydrogen-bond donors (Lipinski definition) is 1. The Balaban J connectivity index is 1.68. The van der Waals surface area contributed by atoms with Gasteiger partial charge in [0, 0.05) is 6.42 Å². The third-order valence-electron chi connectivity index (χ3n) is 3.95. The number of fused-ring (bicyclic) bond motifs is 1. The van der Waals surface area contributed by atoms with Crippen molar-refractivity contribution in [2.45, 2.75) is 32.1 Å². The Morgan fingerprint density at radius 1 is 1.41 bits per heavy atom. The van der Waals surface area contributed by atoms with Crippen molar-refractivity contribution < 1.29 is 14.6 Å². The Labute approximate surface area is 100 Å². The first-order valence-corrected chi connectivity index (χ1v) is 6.18. The van der Waals surface area contributed by atoms with Gasteiger partial charge in [0.1, 0.15) is 5.75 Å². The molecule has 1 N–H and O–H groups in total. The van der Waals surface area contributed by atoms with E-state index in [4.69, 9.17) is 9.84 Å². The molecule has 1 saturated carbocycles. The quantitative estimate of drug-likeness (QED) is 0.867. The molecule has 0 aromatic heterocycles. The lowest BCUT2D eigenvalue weighted by atomic mass is 9.96. The van der Waals surface area contributed by atoms with E-state index in [1.807, 2.05) is 6.07 Å². The van der Waals surface area contributed by atoms with Crippen LogP contribution >= 0.6 is 0 Å². The standard InChI is InChI=1S/C14H16O3/c15-13(16)14(6-7-14)5-3-10-1-2-12-11(9-10)4-8-17-12/h1-2,9H,3-8H2,(H,15,16). The van der Waals surface area contributed by atoms with Gasteiger partial charge >= 0.3 is 5.97 Å². The Morgan fingerprint density at radius 2 is 2.24 bits per heavy atom. The molecule has 0 spiro atoms. The minimum Gasteiger partial charge on any atom is -0.493 e. The third kappa shape index (κ3) is 1.90. The van der Waals surface area contributed by atoms with E-state index in [1.165, 1.54) is 11.1 Å². The normalized spacial score (nSPS) is 19.5. The highest BCUT2D eigenvalue weighted by atomic mass is 16.5. The molecule has 1 aliphatic carbocycles. The molecule has 3 heteroatoms. The van der Waals surface area contributed by atoms with Crippen molar-refractivity contribution in [2.75, 3.05) is 6.61 Å². The number of hydrogen-bond acceptors (Lipinski definition) is 2. The largest absolute Gasteiger partial charge is 0.493 e. The number of rotatable bonds is 4. The molecule has 17 heavy (non-hydrogen) atoms. The highest BCUT2D eigenvalue weighted by Crippen LogP contribution is 2.49. The van der Waals surface area contributed by atoms with Crippen molar-refractivity contribution in [3.63, 3.8) is 0 Å². The molecule has 1 aromatic rings. The zero-order chi connectivity index (χ0) is 11.9. The predicted molar refractivity (Wildman–Crippen MR) is 63.3 cm³/mol. The van der Waals surface area contributed by atoms with E-state index < -0.39 is 11.4 Å². The van der Waals surface area contributed by atoms with Crippen molar-refractivity contribution >= 4 is 5.97 Å². The van der Waals surface area contributed by atoms with Gasteiger partial charge in [-0.05, 0) is 42.9 Å². The van der Waals surface area contributed by atoms with Gasteiger partial charge in [0.05, 0.1) is 12.0 Å². The Morgan fingerprint density at radius 3 is 2.94 bits per heavy atom. The average molecular weight is 232 g/mol. The second-order valence-electron chi connectivity index (χ2n) is 5.13. The van der Waals surface area contributed by atoms with Crippen molar-refractivity contribution in [3.8, 4) is 5.75 Å². The summed E-state index contributed by atoms with van der Waals surface area (Å²) in [5, 5.41) is 9.12. The van der Waals surface area contributed by atoms with Crippen molar-refractivity contribution in [3.05, 3.63) is 29.3 Å². The minimum atomic E-state index is -0.623. The summed E-state index contributed by atoms with van der Waals surface area (Å²) in [5.74, 6) is 0.370. The molecule has 1 fully saturated rings. The molecule has 1 heterocycles.